The van der Waals surface area contributed by atoms with Crippen molar-refractivity contribution in [3.05, 3.63) is 33.9 Å². The number of rotatable bonds is 3. The van der Waals surface area contributed by atoms with E-state index in [1.807, 2.05) is 5.32 Å². The summed E-state index contributed by atoms with van der Waals surface area (Å²) in [6.45, 7) is 0. The lowest BCUT2D eigenvalue weighted by molar-refractivity contribution is -0.385. The Hall–Kier alpha value is -1.64. The van der Waals surface area contributed by atoms with Crippen molar-refractivity contribution in [1.82, 2.24) is 0 Å². The molecule has 0 unspecified atom stereocenters. The van der Waals surface area contributed by atoms with Gasteiger partial charge in [0.2, 0.25) is 5.91 Å². The third-order valence-electron chi connectivity index (χ3n) is 1.91. The van der Waals surface area contributed by atoms with E-state index in [-0.39, 0.29) is 5.33 Å². The van der Waals surface area contributed by atoms with Gasteiger partial charge in [0, 0.05) is 12.1 Å². The van der Waals surface area contributed by atoms with Gasteiger partial charge in [-0.15, -0.1) is 0 Å². The van der Waals surface area contributed by atoms with E-state index in [2.05, 4.69) is 15.9 Å². The van der Waals surface area contributed by atoms with Crippen LogP contribution in [-0.2, 0) is 11.0 Å². The zero-order valence-corrected chi connectivity index (χ0v) is 10.2. The Labute approximate surface area is 107 Å². The normalized spacial score (nSPS) is 11.1. The van der Waals surface area contributed by atoms with Gasteiger partial charge in [-0.2, -0.15) is 13.2 Å². The highest BCUT2D eigenvalue weighted by atomic mass is 79.9. The number of benzene rings is 1. The molecule has 0 fully saturated rings. The summed E-state index contributed by atoms with van der Waals surface area (Å²) in [5.74, 6) is -0.686. The molecule has 1 aromatic carbocycles. The summed E-state index contributed by atoms with van der Waals surface area (Å²) in [7, 11) is 0. The van der Waals surface area contributed by atoms with E-state index in [4.69, 9.17) is 0 Å². The van der Waals surface area contributed by atoms with Gasteiger partial charge in [-0.25, -0.2) is 0 Å². The van der Waals surface area contributed by atoms with Crippen LogP contribution < -0.4 is 5.32 Å². The number of nitro groups is 1. The summed E-state index contributed by atoms with van der Waals surface area (Å²) in [6.07, 6.45) is -4.79. The first-order valence-electron chi connectivity index (χ1n) is 4.47. The standard InChI is InChI=1S/C9H6BrF3N2O3/c10-4-8(16)14-7-2-1-5(15(17)18)3-6(7)9(11,12)13/h1-3H,4H2,(H,14,16). The second-order valence-corrected chi connectivity index (χ2v) is 3.73. The molecule has 0 aromatic heterocycles. The molecule has 0 aliphatic heterocycles. The predicted octanol–water partition coefficient (Wildman–Crippen LogP) is 2.95. The lowest BCUT2D eigenvalue weighted by Crippen LogP contribution is -2.17. The summed E-state index contributed by atoms with van der Waals surface area (Å²) in [4.78, 5) is 20.5. The van der Waals surface area contributed by atoms with Gasteiger partial charge in [-0.05, 0) is 6.07 Å². The number of nitrogens with zero attached hydrogens (tertiary/aromatic N) is 1. The number of anilines is 1. The highest BCUT2D eigenvalue weighted by Gasteiger charge is 2.35. The molecule has 0 aliphatic carbocycles. The summed E-state index contributed by atoms with van der Waals surface area (Å²) in [6, 6.07) is 2.12. The van der Waals surface area contributed by atoms with Gasteiger partial charge in [0.15, 0.2) is 0 Å². The number of halogens is 4. The highest BCUT2D eigenvalue weighted by molar-refractivity contribution is 9.09. The van der Waals surface area contributed by atoms with Crippen molar-refractivity contribution in [2.24, 2.45) is 0 Å². The van der Waals surface area contributed by atoms with E-state index in [0.717, 1.165) is 12.1 Å². The molecule has 18 heavy (non-hydrogen) atoms. The molecule has 0 saturated heterocycles. The van der Waals surface area contributed by atoms with Crippen molar-refractivity contribution in [2.75, 3.05) is 10.6 Å². The van der Waals surface area contributed by atoms with Gasteiger partial charge >= 0.3 is 6.18 Å². The minimum absolute atomic E-state index is 0.179. The number of nitrogens with one attached hydrogen (secondary N) is 1. The molecule has 0 bridgehead atoms. The van der Waals surface area contributed by atoms with Gasteiger partial charge in [-0.1, -0.05) is 15.9 Å². The van der Waals surface area contributed by atoms with Crippen LogP contribution in [0.3, 0.4) is 0 Å². The Morgan fingerprint density at radius 1 is 1.44 bits per heavy atom. The lowest BCUT2D eigenvalue weighted by Gasteiger charge is -2.12. The number of carbonyl (C=O) groups is 1. The molecule has 9 heteroatoms. The minimum atomic E-state index is -4.79. The number of nitro benzene ring substituents is 1. The lowest BCUT2D eigenvalue weighted by atomic mass is 10.1. The first kappa shape index (κ1) is 14.4. The third-order valence-corrected chi connectivity index (χ3v) is 2.42. The maximum atomic E-state index is 12.7. The topological polar surface area (TPSA) is 72.2 Å². The largest absolute Gasteiger partial charge is 0.418 e. The Morgan fingerprint density at radius 3 is 2.50 bits per heavy atom. The molecule has 0 spiro atoms. The van der Waals surface area contributed by atoms with Crippen LogP contribution in [0.5, 0.6) is 0 Å². The van der Waals surface area contributed by atoms with E-state index < -0.39 is 33.9 Å². The second-order valence-electron chi connectivity index (χ2n) is 3.17. The molecule has 98 valence electrons. The highest BCUT2D eigenvalue weighted by Crippen LogP contribution is 2.37. The van der Waals surface area contributed by atoms with E-state index in [1.54, 1.807) is 0 Å². The fourth-order valence-corrected chi connectivity index (χ4v) is 1.31. The van der Waals surface area contributed by atoms with Crippen LogP contribution in [0.2, 0.25) is 0 Å². The van der Waals surface area contributed by atoms with Gasteiger partial charge < -0.3 is 5.32 Å². The fourth-order valence-electron chi connectivity index (χ4n) is 1.17. The molecular weight excluding hydrogens is 321 g/mol. The van der Waals surface area contributed by atoms with Crippen LogP contribution in [0.4, 0.5) is 24.5 Å². The molecule has 1 aromatic rings. The summed E-state index contributed by atoms with van der Waals surface area (Å²) in [5, 5.41) is 12.2. The number of hydrogen-bond acceptors (Lipinski definition) is 3. The third kappa shape index (κ3) is 3.42. The van der Waals surface area contributed by atoms with Gasteiger partial charge in [0.05, 0.1) is 21.5 Å². The molecule has 0 radical (unpaired) electrons. The number of non-ortho nitro benzene ring substituents is 1. The molecule has 1 N–H and O–H groups in total. The molecule has 0 atom stereocenters. The average molecular weight is 327 g/mol. The van der Waals surface area contributed by atoms with E-state index >= 15 is 0 Å². The van der Waals surface area contributed by atoms with E-state index in [1.165, 1.54) is 0 Å². The van der Waals surface area contributed by atoms with Crippen molar-refractivity contribution in [3.63, 3.8) is 0 Å². The molecule has 5 nitrogen and oxygen atoms in total. The van der Waals surface area contributed by atoms with Crippen molar-refractivity contribution >= 4 is 33.2 Å². The zero-order valence-electron chi connectivity index (χ0n) is 8.62. The molecule has 0 heterocycles. The number of alkyl halides is 4. The van der Waals surface area contributed by atoms with Crippen molar-refractivity contribution in [3.8, 4) is 0 Å². The van der Waals surface area contributed by atoms with Gasteiger partial charge in [0.1, 0.15) is 0 Å². The monoisotopic (exact) mass is 326 g/mol. The molecule has 0 saturated carbocycles. The average Bonchev–Trinajstić information content (AvgIpc) is 2.27. The number of carbonyl (C=O) groups excluding carboxylic acids is 1. The van der Waals surface area contributed by atoms with Crippen LogP contribution in [0.1, 0.15) is 5.56 Å². The maximum absolute atomic E-state index is 12.7. The van der Waals surface area contributed by atoms with E-state index in [9.17, 15) is 28.1 Å². The van der Waals surface area contributed by atoms with Crippen LogP contribution in [0.15, 0.2) is 18.2 Å². The summed E-state index contributed by atoms with van der Waals surface area (Å²) in [5.41, 5.74) is -2.47. The minimum Gasteiger partial charge on any atom is -0.325 e. The SMILES string of the molecule is O=C(CBr)Nc1ccc([N+](=O)[O-])cc1C(F)(F)F. The Balaban J connectivity index is 3.26. The fraction of sp³-hybridized carbons (Fsp3) is 0.222. The first-order valence-corrected chi connectivity index (χ1v) is 5.59. The Bertz CT molecular complexity index is 490. The second kappa shape index (κ2) is 5.34. The smallest absolute Gasteiger partial charge is 0.325 e. The summed E-state index contributed by atoms with van der Waals surface area (Å²) < 4.78 is 38.0. The molecular formula is C9H6BrF3N2O3. The zero-order chi connectivity index (χ0) is 13.9. The van der Waals surface area contributed by atoms with Crippen LogP contribution >= 0.6 is 15.9 Å². The van der Waals surface area contributed by atoms with Gasteiger partial charge in [0.25, 0.3) is 5.69 Å². The first-order chi connectivity index (χ1) is 8.25. The predicted molar refractivity (Wildman–Crippen MR) is 60.5 cm³/mol. The van der Waals surface area contributed by atoms with Crippen LogP contribution in [0, 0.1) is 10.1 Å². The van der Waals surface area contributed by atoms with Crippen molar-refractivity contribution in [1.29, 1.82) is 0 Å². The van der Waals surface area contributed by atoms with E-state index in [0.29, 0.717) is 6.07 Å². The van der Waals surface area contributed by atoms with Crippen molar-refractivity contribution in [2.45, 2.75) is 6.18 Å². The van der Waals surface area contributed by atoms with Crippen molar-refractivity contribution < 1.29 is 22.9 Å². The maximum Gasteiger partial charge on any atom is 0.418 e. The Kier molecular flexibility index (Phi) is 4.28. The van der Waals surface area contributed by atoms with Gasteiger partial charge in [-0.3, -0.25) is 14.9 Å². The molecule has 1 rings (SSSR count). The molecule has 0 aliphatic rings. The quantitative estimate of drug-likeness (QED) is 0.527. The summed E-state index contributed by atoms with van der Waals surface area (Å²) >= 11 is 2.78. The number of amides is 1. The number of hydrogen-bond donors (Lipinski definition) is 1. The molecule has 1 amide bonds. The van der Waals surface area contributed by atoms with Crippen LogP contribution in [-0.4, -0.2) is 16.2 Å². The Morgan fingerprint density at radius 2 is 2.06 bits per heavy atom. The van der Waals surface area contributed by atoms with Crippen LogP contribution in [0.25, 0.3) is 0 Å².